The lowest BCUT2D eigenvalue weighted by Gasteiger charge is -2.18. The van der Waals surface area contributed by atoms with Gasteiger partial charge in [0.1, 0.15) is 5.75 Å². The normalized spacial score (nSPS) is 12.5. The van der Waals surface area contributed by atoms with Crippen molar-refractivity contribution in [3.8, 4) is 5.75 Å². The highest BCUT2D eigenvalue weighted by Crippen LogP contribution is 2.30. The van der Waals surface area contributed by atoms with Crippen LogP contribution in [-0.2, 0) is 4.79 Å². The first-order valence-corrected chi connectivity index (χ1v) is 9.20. The van der Waals surface area contributed by atoms with Gasteiger partial charge >= 0.3 is 0 Å². The predicted molar refractivity (Wildman–Crippen MR) is 100 cm³/mol. The number of anilines is 2. The third kappa shape index (κ3) is 5.68. The monoisotopic (exact) mass is 366 g/mol. The van der Waals surface area contributed by atoms with Crippen molar-refractivity contribution in [2.75, 3.05) is 17.7 Å². The fraction of sp³-hybridized carbons (Fsp3) is 0.438. The van der Waals surface area contributed by atoms with Crippen LogP contribution in [0.4, 0.5) is 10.8 Å². The van der Waals surface area contributed by atoms with Crippen molar-refractivity contribution in [2.24, 2.45) is 0 Å². The molecule has 1 atom stereocenters. The second-order valence-electron chi connectivity index (χ2n) is 6.23. The highest BCUT2D eigenvalue weighted by molar-refractivity contribution is 8.02. The number of carbonyl (C=O) groups is 1. The van der Waals surface area contributed by atoms with E-state index < -0.39 is 0 Å². The Morgan fingerprint density at radius 2 is 1.92 bits per heavy atom. The summed E-state index contributed by atoms with van der Waals surface area (Å²) in [5.74, 6) is 0.675. The van der Waals surface area contributed by atoms with Crippen LogP contribution in [0.15, 0.2) is 28.6 Å². The molecule has 2 rings (SSSR count). The molecule has 2 aromatic rings. The predicted octanol–water partition coefficient (Wildman–Crippen LogP) is 3.88. The Morgan fingerprint density at radius 1 is 1.25 bits per heavy atom. The van der Waals surface area contributed by atoms with E-state index in [1.807, 2.05) is 31.2 Å². The summed E-state index contributed by atoms with van der Waals surface area (Å²) in [7, 11) is 1.61. The maximum atomic E-state index is 12.3. The zero-order chi connectivity index (χ0) is 17.7. The van der Waals surface area contributed by atoms with E-state index in [9.17, 15) is 4.79 Å². The van der Waals surface area contributed by atoms with Gasteiger partial charge in [-0.1, -0.05) is 23.1 Å². The molecule has 0 radical (unpaired) electrons. The third-order valence-corrected chi connectivity index (χ3v) is 4.92. The van der Waals surface area contributed by atoms with Gasteiger partial charge in [-0.05, 0) is 52.0 Å². The number of hydrogen-bond acceptors (Lipinski definition) is 7. The van der Waals surface area contributed by atoms with Crippen LogP contribution in [0.25, 0.3) is 0 Å². The zero-order valence-electron chi connectivity index (χ0n) is 14.4. The molecule has 0 aliphatic rings. The lowest BCUT2D eigenvalue weighted by atomic mass is 10.1. The average molecular weight is 367 g/mol. The number of carbonyl (C=O) groups excluding carboxylic acids is 1. The minimum absolute atomic E-state index is 0.0706. The van der Waals surface area contributed by atoms with Crippen molar-refractivity contribution in [1.29, 1.82) is 0 Å². The van der Waals surface area contributed by atoms with Gasteiger partial charge in [-0.15, -0.1) is 10.2 Å². The van der Waals surface area contributed by atoms with E-state index in [4.69, 9.17) is 4.74 Å². The molecular weight excluding hydrogens is 344 g/mol. The molecule has 130 valence electrons. The van der Waals surface area contributed by atoms with Gasteiger partial charge in [0.2, 0.25) is 11.0 Å². The number of methoxy groups -OCH3 is 1. The summed E-state index contributed by atoms with van der Waals surface area (Å²) < 4.78 is 5.86. The largest absolute Gasteiger partial charge is 0.497 e. The summed E-state index contributed by atoms with van der Waals surface area (Å²) in [5.41, 5.74) is 0.666. The lowest BCUT2D eigenvalue weighted by molar-refractivity contribution is -0.115. The van der Waals surface area contributed by atoms with Crippen molar-refractivity contribution in [3.63, 3.8) is 0 Å². The number of rotatable bonds is 6. The van der Waals surface area contributed by atoms with Crippen molar-refractivity contribution >= 4 is 39.8 Å². The second kappa shape index (κ2) is 7.85. The van der Waals surface area contributed by atoms with Gasteiger partial charge in [-0.2, -0.15) is 0 Å². The Bertz CT molecular complexity index is 680. The lowest BCUT2D eigenvalue weighted by Crippen LogP contribution is -2.25. The Hall–Kier alpha value is -1.80. The molecule has 0 fully saturated rings. The Balaban J connectivity index is 1.91. The summed E-state index contributed by atoms with van der Waals surface area (Å²) in [6.45, 7) is 8.03. The Labute approximate surface area is 150 Å². The maximum Gasteiger partial charge on any atom is 0.237 e. The van der Waals surface area contributed by atoms with Gasteiger partial charge in [0.25, 0.3) is 0 Å². The molecule has 1 amide bonds. The van der Waals surface area contributed by atoms with Crippen LogP contribution in [0.2, 0.25) is 0 Å². The van der Waals surface area contributed by atoms with Gasteiger partial charge in [-0.25, -0.2) is 0 Å². The first-order chi connectivity index (χ1) is 11.3. The number of ether oxygens (including phenoxy) is 1. The molecule has 6 nitrogen and oxygen atoms in total. The number of aromatic nitrogens is 2. The molecular formula is C16H22N4O2S2. The van der Waals surface area contributed by atoms with E-state index in [2.05, 4.69) is 41.6 Å². The van der Waals surface area contributed by atoms with Gasteiger partial charge in [0, 0.05) is 11.2 Å². The van der Waals surface area contributed by atoms with Crippen LogP contribution in [0.5, 0.6) is 5.75 Å². The number of nitrogens with one attached hydrogen (secondary N) is 2. The second-order valence-corrected chi connectivity index (χ2v) is 8.79. The molecule has 2 N–H and O–H groups in total. The number of amides is 1. The first kappa shape index (κ1) is 18.5. The fourth-order valence-corrected chi connectivity index (χ4v) is 3.86. The van der Waals surface area contributed by atoms with Crippen LogP contribution in [0.1, 0.15) is 27.7 Å². The Kier molecular flexibility index (Phi) is 6.06. The number of nitrogens with zero attached hydrogens (tertiary/aromatic N) is 2. The number of benzene rings is 1. The molecule has 1 aromatic heterocycles. The molecule has 1 heterocycles. The molecule has 8 heteroatoms. The van der Waals surface area contributed by atoms with Gasteiger partial charge < -0.3 is 15.4 Å². The van der Waals surface area contributed by atoms with Crippen LogP contribution < -0.4 is 15.4 Å². The van der Waals surface area contributed by atoms with E-state index in [-0.39, 0.29) is 16.7 Å². The van der Waals surface area contributed by atoms with Gasteiger partial charge in [0.15, 0.2) is 4.34 Å². The maximum absolute atomic E-state index is 12.3. The molecule has 1 aromatic carbocycles. The third-order valence-electron chi connectivity index (χ3n) is 2.89. The zero-order valence-corrected chi connectivity index (χ0v) is 16.0. The number of thioether (sulfide) groups is 1. The molecule has 0 spiro atoms. The molecule has 0 bridgehead atoms. The van der Waals surface area contributed by atoms with Crippen molar-refractivity contribution in [1.82, 2.24) is 10.2 Å². The van der Waals surface area contributed by atoms with Crippen LogP contribution in [0, 0.1) is 0 Å². The van der Waals surface area contributed by atoms with Gasteiger partial charge in [-0.3, -0.25) is 4.79 Å². The van der Waals surface area contributed by atoms with E-state index in [1.54, 1.807) is 7.11 Å². The topological polar surface area (TPSA) is 76.1 Å². The highest BCUT2D eigenvalue weighted by Gasteiger charge is 2.19. The molecule has 0 saturated carbocycles. The van der Waals surface area contributed by atoms with Crippen molar-refractivity contribution < 1.29 is 9.53 Å². The van der Waals surface area contributed by atoms with Crippen LogP contribution in [0.3, 0.4) is 0 Å². The van der Waals surface area contributed by atoms with Crippen LogP contribution >= 0.6 is 23.1 Å². The van der Waals surface area contributed by atoms with Crippen molar-refractivity contribution in [3.05, 3.63) is 24.3 Å². The van der Waals surface area contributed by atoms with E-state index in [0.717, 1.165) is 20.9 Å². The fourth-order valence-electron chi connectivity index (χ4n) is 1.75. The van der Waals surface area contributed by atoms with Crippen LogP contribution in [-0.4, -0.2) is 34.0 Å². The molecule has 24 heavy (non-hydrogen) atoms. The quantitative estimate of drug-likeness (QED) is 0.756. The summed E-state index contributed by atoms with van der Waals surface area (Å²) >= 11 is 2.84. The van der Waals surface area contributed by atoms with E-state index >= 15 is 0 Å². The SMILES string of the molecule is COc1ccc(NC(=O)C(C)Sc2nnc(NC(C)(C)C)s2)cc1. The molecule has 0 aliphatic heterocycles. The highest BCUT2D eigenvalue weighted by atomic mass is 32.2. The summed E-state index contributed by atoms with van der Waals surface area (Å²) in [6.07, 6.45) is 0. The standard InChI is InChI=1S/C16H22N4O2S2/c1-10(13(21)17-11-6-8-12(22-5)9-7-11)23-15-20-19-14(24-15)18-16(2,3)4/h6-10H,1-5H3,(H,17,21)(H,18,19). The minimum Gasteiger partial charge on any atom is -0.497 e. The summed E-state index contributed by atoms with van der Waals surface area (Å²) in [5, 5.41) is 14.9. The van der Waals surface area contributed by atoms with E-state index in [0.29, 0.717) is 0 Å². The smallest absolute Gasteiger partial charge is 0.237 e. The van der Waals surface area contributed by atoms with E-state index in [1.165, 1.54) is 23.1 Å². The summed E-state index contributed by atoms with van der Waals surface area (Å²) in [4.78, 5) is 12.3. The molecule has 0 saturated heterocycles. The average Bonchev–Trinajstić information content (AvgIpc) is 2.92. The first-order valence-electron chi connectivity index (χ1n) is 7.50. The summed E-state index contributed by atoms with van der Waals surface area (Å²) in [6, 6.07) is 7.24. The number of hydrogen-bond donors (Lipinski definition) is 2. The molecule has 0 aliphatic carbocycles. The Morgan fingerprint density at radius 3 is 2.50 bits per heavy atom. The minimum atomic E-state index is -0.275. The van der Waals surface area contributed by atoms with Crippen molar-refractivity contribution in [2.45, 2.75) is 42.8 Å². The van der Waals surface area contributed by atoms with Gasteiger partial charge in [0.05, 0.1) is 12.4 Å². The molecule has 1 unspecified atom stereocenters.